The maximum atomic E-state index is 14.9. The molecule has 1 fully saturated rings. The molecule has 3 amide bonds. The summed E-state index contributed by atoms with van der Waals surface area (Å²) in [5, 5.41) is 32.2. The monoisotopic (exact) mass is 1100 g/mol. The molecule has 2 heterocycles. The van der Waals surface area contributed by atoms with E-state index in [-0.39, 0.29) is 37.1 Å². The average molecular weight is 1100 g/mol. The van der Waals surface area contributed by atoms with E-state index in [1.807, 2.05) is 51.1 Å². The number of ether oxygens (including phenoxy) is 2. The molecule has 21 heteroatoms. The van der Waals surface area contributed by atoms with Crippen molar-refractivity contribution < 1.29 is 47.7 Å². The molecule has 0 unspecified atom stereocenters. The summed E-state index contributed by atoms with van der Waals surface area (Å²) >= 11 is 6.96. The molecule has 1 aromatic heterocycles. The van der Waals surface area contributed by atoms with E-state index >= 15 is 0 Å². The summed E-state index contributed by atoms with van der Waals surface area (Å²) in [5.74, 6) is -2.36. The van der Waals surface area contributed by atoms with Crippen LogP contribution in [0.3, 0.4) is 0 Å². The van der Waals surface area contributed by atoms with Crippen LogP contribution < -0.4 is 20.4 Å². The number of carboxylic acids is 1. The number of aromatic nitrogens is 1. The first-order valence-electron chi connectivity index (χ1n) is 24.2. The van der Waals surface area contributed by atoms with E-state index in [9.17, 15) is 29.4 Å². The molecule has 0 spiro atoms. The first-order chi connectivity index (χ1) is 31.7. The van der Waals surface area contributed by atoms with Crippen molar-refractivity contribution in [1.82, 2.24) is 25.8 Å². The number of nitrogens with zero attached hydrogens (tertiary/aromatic N) is 2. The van der Waals surface area contributed by atoms with Crippen molar-refractivity contribution in [2.75, 3.05) is 13.2 Å². The fourth-order valence-electron chi connectivity index (χ4n) is 8.68. The first-order valence-corrected chi connectivity index (χ1v) is 36.1. The van der Waals surface area contributed by atoms with Gasteiger partial charge < -0.3 is 5.11 Å². The molecule has 15 nitrogen and oxygen atoms in total. The van der Waals surface area contributed by atoms with Crippen LogP contribution in [0.25, 0.3) is 0 Å². The second kappa shape index (κ2) is 25.7. The molecule has 1 aromatic carbocycles. The first kappa shape index (κ1) is 59.7. The number of amides is 3. The van der Waals surface area contributed by atoms with Gasteiger partial charge in [-0.1, -0.05) is 41.5 Å². The van der Waals surface area contributed by atoms with Crippen molar-refractivity contribution in [3.05, 3.63) is 46.4 Å². The van der Waals surface area contributed by atoms with E-state index in [4.69, 9.17) is 30.5 Å². The molecule has 0 radical (unpaired) electrons. The van der Waals surface area contributed by atoms with Gasteiger partial charge in [0.25, 0.3) is 0 Å². The zero-order valence-electron chi connectivity index (χ0n) is 43.1. The SMILES string of the molecule is CC[Si](CC)(CC)O[C@H](C)[C@@](C)(O[Si](CC)(CC)CC)[C@H](NC(=O)[C@@H](CO)NC(=S)[C@@H](NC(=O)[C@@H]1[C@@H](C)OC(C)(C)N1C(=O)OCC[Si](C)(C)C)[C@H](C)[Se]c1ccccc1)c1nc(C(=O)O)cs1. The number of thiazole rings is 1. The predicted molar refractivity (Wildman–Crippen MR) is 284 cm³/mol. The summed E-state index contributed by atoms with van der Waals surface area (Å²) in [5.41, 5.74) is -2.57. The van der Waals surface area contributed by atoms with E-state index in [0.29, 0.717) is 5.01 Å². The fraction of sp³-hybridized carbons (Fsp3) is 0.702. The van der Waals surface area contributed by atoms with Crippen molar-refractivity contribution >= 4 is 96.5 Å². The summed E-state index contributed by atoms with van der Waals surface area (Å²) in [4.78, 5) is 61.2. The van der Waals surface area contributed by atoms with Gasteiger partial charge in [-0.2, -0.15) is 0 Å². The molecule has 3 rings (SSSR count). The van der Waals surface area contributed by atoms with Crippen LogP contribution in [-0.2, 0) is 27.9 Å². The van der Waals surface area contributed by atoms with Crippen LogP contribution >= 0.6 is 23.6 Å². The summed E-state index contributed by atoms with van der Waals surface area (Å²) in [7, 11) is -6.31. The zero-order chi connectivity index (χ0) is 51.4. The summed E-state index contributed by atoms with van der Waals surface area (Å²) in [6.07, 6.45) is -1.93. The van der Waals surface area contributed by atoms with Gasteiger partial charge in [0.05, 0.1) is 0 Å². The Balaban J connectivity index is 2.10. The van der Waals surface area contributed by atoms with Crippen molar-refractivity contribution in [1.29, 1.82) is 0 Å². The summed E-state index contributed by atoms with van der Waals surface area (Å²) < 4.78 is 27.6. The number of aromatic carboxylic acids is 1. The predicted octanol–water partition coefficient (Wildman–Crippen LogP) is 8.09. The molecule has 5 N–H and O–H groups in total. The number of rotatable bonds is 27. The van der Waals surface area contributed by atoms with Gasteiger partial charge in [-0.15, -0.1) is 0 Å². The number of carboxylic acid groups (broad SMARTS) is 1. The van der Waals surface area contributed by atoms with Crippen LogP contribution in [0.5, 0.6) is 0 Å². The molecule has 2 aromatic rings. The third kappa shape index (κ3) is 15.2. The number of carbonyl (C=O) groups excluding carboxylic acids is 3. The molecule has 68 heavy (non-hydrogen) atoms. The Morgan fingerprint density at radius 1 is 0.956 bits per heavy atom. The third-order valence-electron chi connectivity index (χ3n) is 13.6. The third-order valence-corrected chi connectivity index (χ3v) is 28.6. The molecule has 1 aliphatic rings. The van der Waals surface area contributed by atoms with E-state index in [2.05, 4.69) is 82.1 Å². The zero-order valence-corrected chi connectivity index (χ0v) is 49.5. The number of aliphatic hydroxyl groups is 1. The topological polar surface area (TPSA) is 198 Å². The molecule has 8 atom stereocenters. The number of aliphatic hydroxyl groups excluding tert-OH is 1. The molecule has 384 valence electrons. The minimum atomic E-state index is -2.49. The Bertz CT molecular complexity index is 1970. The van der Waals surface area contributed by atoms with Crippen LogP contribution in [-0.4, -0.2) is 144 Å². The average Bonchev–Trinajstić information content (AvgIpc) is 3.88. The molecule has 0 aliphatic carbocycles. The number of nitrogens with one attached hydrogen (secondary N) is 3. The molecule has 0 saturated carbocycles. The van der Waals surface area contributed by atoms with Crippen LogP contribution in [0, 0.1) is 0 Å². The van der Waals surface area contributed by atoms with Crippen molar-refractivity contribution in [3.8, 4) is 0 Å². The Kier molecular flexibility index (Phi) is 22.6. The fourth-order valence-corrected chi connectivity index (χ4v) is 19.4. The van der Waals surface area contributed by atoms with Gasteiger partial charge in [0.15, 0.2) is 0 Å². The molecule has 1 saturated heterocycles. The van der Waals surface area contributed by atoms with Crippen molar-refractivity contribution in [2.24, 2.45) is 0 Å². The minimum absolute atomic E-state index is 0.0987. The summed E-state index contributed by atoms with van der Waals surface area (Å²) in [6, 6.07) is 11.3. The van der Waals surface area contributed by atoms with Crippen molar-refractivity contribution in [3.63, 3.8) is 0 Å². The second-order valence-electron chi connectivity index (χ2n) is 19.7. The van der Waals surface area contributed by atoms with E-state index in [1.54, 1.807) is 20.8 Å². The van der Waals surface area contributed by atoms with Crippen LogP contribution in [0.4, 0.5) is 4.79 Å². The van der Waals surface area contributed by atoms with E-state index in [1.165, 1.54) is 10.3 Å². The number of hydrogen-bond acceptors (Lipinski definition) is 12. The maximum absolute atomic E-state index is 14.9. The Morgan fingerprint density at radius 3 is 2.03 bits per heavy atom. The number of hydrogen-bond donors (Lipinski definition) is 5. The normalized spacial score (nSPS) is 19.5. The van der Waals surface area contributed by atoms with Gasteiger partial charge >= 0.3 is 358 Å². The Hall–Kier alpha value is -2.57. The number of carbonyl (C=O) groups is 4. The van der Waals surface area contributed by atoms with Gasteiger partial charge in [-0.3, -0.25) is 0 Å². The van der Waals surface area contributed by atoms with Gasteiger partial charge in [0.2, 0.25) is 0 Å². The van der Waals surface area contributed by atoms with Gasteiger partial charge in [-0.05, 0) is 18.1 Å². The van der Waals surface area contributed by atoms with Crippen LogP contribution in [0.1, 0.15) is 105 Å². The molecular weight excluding hydrogens is 1020 g/mol. The van der Waals surface area contributed by atoms with E-state index < -0.39 is 103 Å². The molecule has 0 bridgehead atoms. The van der Waals surface area contributed by atoms with Crippen molar-refractivity contribution in [2.45, 2.75) is 198 Å². The quantitative estimate of drug-likeness (QED) is 0.0426. The van der Waals surface area contributed by atoms with Gasteiger partial charge in [0.1, 0.15) is 0 Å². The van der Waals surface area contributed by atoms with E-state index in [0.717, 1.165) is 58.1 Å². The summed E-state index contributed by atoms with van der Waals surface area (Å²) in [6.45, 7) is 30.0. The van der Waals surface area contributed by atoms with Crippen LogP contribution in [0.15, 0.2) is 35.7 Å². The number of benzene rings is 1. The Labute approximate surface area is 424 Å². The van der Waals surface area contributed by atoms with Crippen LogP contribution in [0.2, 0.25) is 66.8 Å². The standard InChI is InChI=1S/C47H81N5O10S2SeSi3/c1-16-67(17-2,18-3)61-33(9)47(12,62-68(19-4,20-5)21-6)39(43-49-36(30-64-43)44(56)57)51-40(54)35(29-53)48-42(63)37(32(8)65-34-25-23-22-24-26-34)50-41(55)38-31(7)60-46(10,11)52(38)45(58)59-27-28-66(13,14)15/h22-26,30-33,35,37-39,53H,16-21,27-29H2,1-15H3,(H,48,63)(H,50,55)(H,51,54)(H,56,57)/t31-,32+,33-,35-,37+,38+,39-,47-/m1/s1. The number of thiocarbonyl (C=S) groups is 1. The van der Waals surface area contributed by atoms with Gasteiger partial charge in [-0.25, -0.2) is 4.79 Å². The van der Waals surface area contributed by atoms with Gasteiger partial charge in [0, 0.05) is 0 Å². The molecular formula is C47H81N5O10S2SeSi3. The molecule has 1 aliphatic heterocycles. The Morgan fingerprint density at radius 2 is 1.53 bits per heavy atom. The second-order valence-corrected chi connectivity index (χ2v) is 39.1.